The first kappa shape index (κ1) is 14.9. The Morgan fingerprint density at radius 2 is 2.14 bits per heavy atom. The minimum Gasteiger partial charge on any atom is -0.477 e. The number of benzene rings is 1. The first-order valence-electron chi connectivity index (χ1n) is 5.72. The number of hydrogen-bond acceptors (Lipinski definition) is 5. The maximum atomic E-state index is 13.2. The number of carboxylic acids is 1. The molecule has 1 N–H and O–H groups in total. The fourth-order valence-corrected chi connectivity index (χ4v) is 2.53. The Morgan fingerprint density at radius 1 is 1.38 bits per heavy atom. The minimum atomic E-state index is -1.16. The highest BCUT2D eigenvalue weighted by molar-refractivity contribution is 7.98. The largest absolute Gasteiger partial charge is 0.477 e. The number of pyridine rings is 1. The van der Waals surface area contributed by atoms with Crippen molar-refractivity contribution in [2.24, 2.45) is 0 Å². The van der Waals surface area contributed by atoms with Crippen molar-refractivity contribution in [2.45, 2.75) is 10.6 Å². The summed E-state index contributed by atoms with van der Waals surface area (Å²) in [6, 6.07) is 6.19. The number of aromatic carboxylic acids is 1. The number of rotatable bonds is 5. The van der Waals surface area contributed by atoms with Gasteiger partial charge in [0, 0.05) is 28.5 Å². The van der Waals surface area contributed by atoms with E-state index in [2.05, 4.69) is 4.98 Å². The van der Waals surface area contributed by atoms with Crippen molar-refractivity contribution in [2.75, 3.05) is 0 Å². The zero-order valence-electron chi connectivity index (χ0n) is 10.5. The molecule has 0 bridgehead atoms. The molecule has 0 aliphatic carbocycles. The molecule has 0 saturated heterocycles. The average molecular weight is 308 g/mol. The molecule has 1 aromatic carbocycles. The Morgan fingerprint density at radius 3 is 2.81 bits per heavy atom. The molecule has 0 atom stereocenters. The summed E-state index contributed by atoms with van der Waals surface area (Å²) in [5, 5.41) is 19.7. The normalized spacial score (nSPS) is 10.3. The molecule has 0 spiro atoms. The molecule has 0 amide bonds. The van der Waals surface area contributed by atoms with Crippen LogP contribution in [-0.4, -0.2) is 21.0 Å². The molecule has 1 aromatic heterocycles. The van der Waals surface area contributed by atoms with Crippen LogP contribution >= 0.6 is 11.8 Å². The molecule has 0 radical (unpaired) electrons. The molecule has 21 heavy (non-hydrogen) atoms. The lowest BCUT2D eigenvalue weighted by Gasteiger charge is -2.04. The number of nitrogens with zero attached hydrogens (tertiary/aromatic N) is 2. The van der Waals surface area contributed by atoms with Crippen LogP contribution in [0, 0.1) is 15.9 Å². The Labute approximate surface area is 122 Å². The monoisotopic (exact) mass is 308 g/mol. The van der Waals surface area contributed by atoms with E-state index in [0.29, 0.717) is 4.90 Å². The van der Waals surface area contributed by atoms with Gasteiger partial charge < -0.3 is 5.11 Å². The Hall–Kier alpha value is -2.48. The van der Waals surface area contributed by atoms with Gasteiger partial charge in [0.1, 0.15) is 11.5 Å². The van der Waals surface area contributed by atoms with Crippen molar-refractivity contribution in [3.8, 4) is 0 Å². The molecular formula is C13H9FN2O4S. The van der Waals surface area contributed by atoms with Crippen molar-refractivity contribution in [1.82, 2.24) is 4.98 Å². The third-order valence-corrected chi connectivity index (χ3v) is 3.63. The van der Waals surface area contributed by atoms with Crippen LogP contribution in [0.3, 0.4) is 0 Å². The molecule has 0 saturated carbocycles. The van der Waals surface area contributed by atoms with Crippen molar-refractivity contribution >= 4 is 23.4 Å². The molecule has 0 aliphatic rings. The summed E-state index contributed by atoms with van der Waals surface area (Å²) in [6.07, 6.45) is 1.34. The van der Waals surface area contributed by atoms with Gasteiger partial charge in [0.2, 0.25) is 0 Å². The molecular weight excluding hydrogens is 299 g/mol. The Bertz CT molecular complexity index is 708. The van der Waals surface area contributed by atoms with Crippen LogP contribution in [0.15, 0.2) is 41.4 Å². The van der Waals surface area contributed by atoms with E-state index in [4.69, 9.17) is 5.11 Å². The van der Waals surface area contributed by atoms with E-state index in [1.807, 2.05) is 0 Å². The third kappa shape index (κ3) is 3.76. The lowest BCUT2D eigenvalue weighted by Crippen LogP contribution is -1.99. The van der Waals surface area contributed by atoms with E-state index in [1.54, 1.807) is 6.07 Å². The summed E-state index contributed by atoms with van der Waals surface area (Å²) < 4.78 is 13.2. The van der Waals surface area contributed by atoms with Crippen molar-refractivity contribution in [3.05, 3.63) is 63.7 Å². The lowest BCUT2D eigenvalue weighted by atomic mass is 10.2. The second-order valence-electron chi connectivity index (χ2n) is 4.00. The van der Waals surface area contributed by atoms with Gasteiger partial charge in [0.05, 0.1) is 4.92 Å². The van der Waals surface area contributed by atoms with Crippen LogP contribution in [-0.2, 0) is 5.75 Å². The number of thioether (sulfide) groups is 1. The highest BCUT2D eigenvalue weighted by atomic mass is 32.2. The summed E-state index contributed by atoms with van der Waals surface area (Å²) in [4.78, 5) is 25.4. The van der Waals surface area contributed by atoms with Crippen molar-refractivity contribution in [3.63, 3.8) is 0 Å². The maximum Gasteiger partial charge on any atom is 0.354 e. The quantitative estimate of drug-likeness (QED) is 0.518. The van der Waals surface area contributed by atoms with Crippen LogP contribution in [0.4, 0.5) is 10.1 Å². The number of halogens is 1. The van der Waals surface area contributed by atoms with E-state index in [9.17, 15) is 19.3 Å². The van der Waals surface area contributed by atoms with Gasteiger partial charge in [0.15, 0.2) is 0 Å². The van der Waals surface area contributed by atoms with Gasteiger partial charge >= 0.3 is 5.97 Å². The summed E-state index contributed by atoms with van der Waals surface area (Å²) in [5.74, 6) is -1.57. The first-order valence-corrected chi connectivity index (χ1v) is 6.71. The predicted octanol–water partition coefficient (Wildman–Crippen LogP) is 3.12. The number of nitro groups is 1. The van der Waals surface area contributed by atoms with Gasteiger partial charge in [-0.15, -0.1) is 11.8 Å². The van der Waals surface area contributed by atoms with Crippen LogP contribution in [0.25, 0.3) is 0 Å². The Balaban J connectivity index is 2.20. The smallest absolute Gasteiger partial charge is 0.354 e. The standard InChI is InChI=1S/C13H9FN2O4S/c14-9-1-2-12(16(19)20)8(5-9)7-21-10-3-4-15-11(6-10)13(17)18/h1-6H,7H2,(H,17,18). The summed E-state index contributed by atoms with van der Waals surface area (Å²) in [5.41, 5.74) is -0.0520. The van der Waals surface area contributed by atoms with Crippen molar-refractivity contribution < 1.29 is 19.2 Å². The van der Waals surface area contributed by atoms with Gasteiger partial charge in [-0.1, -0.05) is 0 Å². The molecule has 8 heteroatoms. The molecule has 2 rings (SSSR count). The summed E-state index contributed by atoms with van der Waals surface area (Å²) in [6.45, 7) is 0. The molecule has 6 nitrogen and oxygen atoms in total. The van der Waals surface area contributed by atoms with Crippen LogP contribution < -0.4 is 0 Å². The highest BCUT2D eigenvalue weighted by Crippen LogP contribution is 2.28. The number of hydrogen-bond donors (Lipinski definition) is 1. The number of nitro benzene ring substituents is 1. The van der Waals surface area contributed by atoms with Crippen LogP contribution in [0.5, 0.6) is 0 Å². The molecule has 0 unspecified atom stereocenters. The molecule has 0 fully saturated rings. The fraction of sp³-hybridized carbons (Fsp3) is 0.0769. The average Bonchev–Trinajstić information content (AvgIpc) is 2.45. The molecule has 2 aromatic rings. The van der Waals surface area contributed by atoms with Gasteiger partial charge in [-0.05, 0) is 24.3 Å². The van der Waals surface area contributed by atoms with Crippen LogP contribution in [0.1, 0.15) is 16.1 Å². The van der Waals surface area contributed by atoms with E-state index in [-0.39, 0.29) is 22.7 Å². The topological polar surface area (TPSA) is 93.3 Å². The van der Waals surface area contributed by atoms with Gasteiger partial charge in [-0.2, -0.15) is 0 Å². The van der Waals surface area contributed by atoms with E-state index in [0.717, 1.165) is 18.2 Å². The maximum absolute atomic E-state index is 13.2. The van der Waals surface area contributed by atoms with E-state index >= 15 is 0 Å². The second kappa shape index (κ2) is 6.31. The fourth-order valence-electron chi connectivity index (χ4n) is 1.63. The summed E-state index contributed by atoms with van der Waals surface area (Å²) >= 11 is 1.17. The zero-order valence-corrected chi connectivity index (χ0v) is 11.3. The molecule has 0 aliphatic heterocycles. The predicted molar refractivity (Wildman–Crippen MR) is 73.8 cm³/mol. The van der Waals surface area contributed by atoms with E-state index < -0.39 is 16.7 Å². The SMILES string of the molecule is O=C(O)c1cc(SCc2cc(F)ccc2[N+](=O)[O-])ccn1. The summed E-state index contributed by atoms with van der Waals surface area (Å²) in [7, 11) is 0. The molecule has 108 valence electrons. The van der Waals surface area contributed by atoms with Gasteiger partial charge in [-0.3, -0.25) is 10.1 Å². The number of carbonyl (C=O) groups is 1. The number of carboxylic acid groups (broad SMARTS) is 1. The van der Waals surface area contributed by atoms with Crippen LogP contribution in [0.2, 0.25) is 0 Å². The zero-order chi connectivity index (χ0) is 15.4. The second-order valence-corrected chi connectivity index (χ2v) is 5.05. The van der Waals surface area contributed by atoms with Gasteiger partial charge in [-0.25, -0.2) is 14.2 Å². The minimum absolute atomic E-state index is 0.117. The molecule has 1 heterocycles. The lowest BCUT2D eigenvalue weighted by molar-refractivity contribution is -0.385. The highest BCUT2D eigenvalue weighted by Gasteiger charge is 2.15. The van der Waals surface area contributed by atoms with Crippen molar-refractivity contribution in [1.29, 1.82) is 0 Å². The van der Waals surface area contributed by atoms with Gasteiger partial charge in [0.25, 0.3) is 5.69 Å². The first-order chi connectivity index (χ1) is 9.97. The Kier molecular flexibility index (Phi) is 4.49. The van der Waals surface area contributed by atoms with E-state index in [1.165, 1.54) is 24.0 Å². The number of aromatic nitrogens is 1. The third-order valence-electron chi connectivity index (χ3n) is 2.58.